The monoisotopic (exact) mass is 244 g/mol. The van der Waals surface area contributed by atoms with E-state index in [4.69, 9.17) is 16.3 Å². The summed E-state index contributed by atoms with van der Waals surface area (Å²) < 4.78 is 9.43. The molecule has 88 valence electrons. The summed E-state index contributed by atoms with van der Waals surface area (Å²) in [6.07, 6.45) is -1.31. The maximum Gasteiger partial charge on any atom is 0.339 e. The van der Waals surface area contributed by atoms with Crippen LogP contribution >= 0.6 is 11.6 Å². The van der Waals surface area contributed by atoms with Gasteiger partial charge in [-0.15, -0.1) is 0 Å². The molecule has 1 aromatic rings. The van der Waals surface area contributed by atoms with Gasteiger partial charge in [0.05, 0.1) is 13.7 Å². The Labute approximate surface area is 98.7 Å². The standard InChI is InChI=1S/C11H13ClO4/c1-15-6-7-5-8(12)3-4-9(7)10(13)11(14)16-2/h3-5,10,13H,6H2,1-2H3. The first-order valence-electron chi connectivity index (χ1n) is 4.63. The second-order valence-corrected chi connectivity index (χ2v) is 3.64. The van der Waals surface area contributed by atoms with E-state index in [-0.39, 0.29) is 6.61 Å². The van der Waals surface area contributed by atoms with Gasteiger partial charge in [0.1, 0.15) is 0 Å². The second kappa shape index (κ2) is 5.84. The summed E-state index contributed by atoms with van der Waals surface area (Å²) in [5, 5.41) is 10.2. The van der Waals surface area contributed by atoms with Crippen molar-refractivity contribution in [1.82, 2.24) is 0 Å². The van der Waals surface area contributed by atoms with Gasteiger partial charge in [-0.3, -0.25) is 0 Å². The molecule has 0 aliphatic rings. The average Bonchev–Trinajstić information content (AvgIpc) is 2.28. The Morgan fingerprint density at radius 1 is 1.50 bits per heavy atom. The molecule has 1 atom stereocenters. The van der Waals surface area contributed by atoms with Crippen molar-refractivity contribution < 1.29 is 19.4 Å². The quantitative estimate of drug-likeness (QED) is 0.819. The Morgan fingerprint density at radius 3 is 2.75 bits per heavy atom. The summed E-state index contributed by atoms with van der Waals surface area (Å²) in [6.45, 7) is 0.268. The van der Waals surface area contributed by atoms with Gasteiger partial charge in [0.15, 0.2) is 6.10 Å². The molecule has 0 heterocycles. The van der Waals surface area contributed by atoms with Gasteiger partial charge < -0.3 is 14.6 Å². The highest BCUT2D eigenvalue weighted by molar-refractivity contribution is 6.30. The van der Waals surface area contributed by atoms with Crippen LogP contribution in [-0.2, 0) is 20.9 Å². The molecule has 0 saturated carbocycles. The number of halogens is 1. The van der Waals surface area contributed by atoms with Crippen LogP contribution in [0.2, 0.25) is 5.02 Å². The van der Waals surface area contributed by atoms with Gasteiger partial charge in [-0.25, -0.2) is 4.79 Å². The predicted octanol–water partition coefficient (Wildman–Crippen LogP) is 1.69. The Kier molecular flexibility index (Phi) is 4.73. The SMILES string of the molecule is COCc1cc(Cl)ccc1C(O)C(=O)OC. The molecule has 1 unspecified atom stereocenters. The third kappa shape index (κ3) is 2.95. The first-order chi connectivity index (χ1) is 7.60. The smallest absolute Gasteiger partial charge is 0.339 e. The molecule has 1 aromatic carbocycles. The van der Waals surface area contributed by atoms with E-state index >= 15 is 0 Å². The number of hydrogen-bond acceptors (Lipinski definition) is 4. The van der Waals surface area contributed by atoms with E-state index in [1.54, 1.807) is 18.2 Å². The zero-order chi connectivity index (χ0) is 12.1. The van der Waals surface area contributed by atoms with Crippen molar-refractivity contribution in [3.05, 3.63) is 34.3 Å². The average molecular weight is 245 g/mol. The molecule has 0 bridgehead atoms. The number of aliphatic hydroxyl groups is 1. The zero-order valence-electron chi connectivity index (χ0n) is 9.07. The van der Waals surface area contributed by atoms with Gasteiger partial charge >= 0.3 is 5.97 Å². The molecule has 0 amide bonds. The highest BCUT2D eigenvalue weighted by Gasteiger charge is 2.21. The molecule has 4 nitrogen and oxygen atoms in total. The van der Waals surface area contributed by atoms with Crippen LogP contribution in [-0.4, -0.2) is 25.3 Å². The van der Waals surface area contributed by atoms with Gasteiger partial charge in [-0.05, 0) is 23.3 Å². The molecule has 0 aliphatic heterocycles. The van der Waals surface area contributed by atoms with Crippen LogP contribution in [0.5, 0.6) is 0 Å². The maximum atomic E-state index is 11.2. The molecule has 5 heteroatoms. The first kappa shape index (κ1) is 13.0. The highest BCUT2D eigenvalue weighted by Crippen LogP contribution is 2.23. The number of esters is 1. The van der Waals surface area contributed by atoms with E-state index in [9.17, 15) is 9.90 Å². The topological polar surface area (TPSA) is 55.8 Å². The van der Waals surface area contributed by atoms with E-state index in [2.05, 4.69) is 4.74 Å². The molecule has 1 N–H and O–H groups in total. The van der Waals surface area contributed by atoms with Gasteiger partial charge in [-0.1, -0.05) is 17.7 Å². The van der Waals surface area contributed by atoms with Crippen LogP contribution < -0.4 is 0 Å². The lowest BCUT2D eigenvalue weighted by molar-refractivity contribution is -0.150. The number of carbonyl (C=O) groups is 1. The summed E-state index contributed by atoms with van der Waals surface area (Å²) in [7, 11) is 2.74. The van der Waals surface area contributed by atoms with E-state index in [0.29, 0.717) is 16.1 Å². The lowest BCUT2D eigenvalue weighted by Crippen LogP contribution is -2.15. The van der Waals surface area contributed by atoms with Crippen LogP contribution in [0.3, 0.4) is 0 Å². The van der Waals surface area contributed by atoms with Crippen molar-refractivity contribution in [2.24, 2.45) is 0 Å². The number of aliphatic hydroxyl groups excluding tert-OH is 1. The molecule has 0 saturated heterocycles. The summed E-state index contributed by atoms with van der Waals surface area (Å²) in [6, 6.07) is 4.83. The van der Waals surface area contributed by atoms with Gasteiger partial charge in [0, 0.05) is 12.1 Å². The lowest BCUT2D eigenvalue weighted by atomic mass is 10.0. The van der Waals surface area contributed by atoms with Crippen LogP contribution in [0.25, 0.3) is 0 Å². The number of methoxy groups -OCH3 is 2. The minimum Gasteiger partial charge on any atom is -0.467 e. The highest BCUT2D eigenvalue weighted by atomic mass is 35.5. The van der Waals surface area contributed by atoms with Crippen LogP contribution in [0.15, 0.2) is 18.2 Å². The largest absolute Gasteiger partial charge is 0.467 e. The number of rotatable bonds is 4. The Bertz CT molecular complexity index is 378. The summed E-state index contributed by atoms with van der Waals surface area (Å²) in [4.78, 5) is 11.2. The summed E-state index contributed by atoms with van der Waals surface area (Å²) in [5.41, 5.74) is 1.10. The molecular weight excluding hydrogens is 232 g/mol. The molecule has 0 aromatic heterocycles. The van der Waals surface area contributed by atoms with Gasteiger partial charge in [-0.2, -0.15) is 0 Å². The van der Waals surface area contributed by atoms with Crippen molar-refractivity contribution in [3.63, 3.8) is 0 Å². The van der Waals surface area contributed by atoms with Crippen LogP contribution in [0.1, 0.15) is 17.2 Å². The number of hydrogen-bond donors (Lipinski definition) is 1. The molecular formula is C11H13ClO4. The van der Waals surface area contributed by atoms with E-state index < -0.39 is 12.1 Å². The lowest BCUT2D eigenvalue weighted by Gasteiger charge is -2.13. The molecule has 1 rings (SSSR count). The number of benzene rings is 1. The van der Waals surface area contributed by atoms with Gasteiger partial charge in [0.2, 0.25) is 0 Å². The van der Waals surface area contributed by atoms with Crippen molar-refractivity contribution >= 4 is 17.6 Å². The van der Waals surface area contributed by atoms with Gasteiger partial charge in [0.25, 0.3) is 0 Å². The fraction of sp³-hybridized carbons (Fsp3) is 0.364. The minimum absolute atomic E-state index is 0.268. The second-order valence-electron chi connectivity index (χ2n) is 3.20. The van der Waals surface area contributed by atoms with E-state index in [0.717, 1.165) is 0 Å². The normalized spacial score (nSPS) is 12.2. The zero-order valence-corrected chi connectivity index (χ0v) is 9.82. The molecule has 0 spiro atoms. The maximum absolute atomic E-state index is 11.2. The fourth-order valence-electron chi connectivity index (χ4n) is 1.36. The fourth-order valence-corrected chi connectivity index (χ4v) is 1.55. The predicted molar refractivity (Wildman–Crippen MR) is 59.1 cm³/mol. The molecule has 16 heavy (non-hydrogen) atoms. The third-order valence-electron chi connectivity index (χ3n) is 2.12. The summed E-state index contributed by atoms with van der Waals surface area (Å²) in [5.74, 6) is -0.709. The number of carbonyl (C=O) groups excluding carboxylic acids is 1. The molecule has 0 aliphatic carbocycles. The molecule has 0 fully saturated rings. The first-order valence-corrected chi connectivity index (χ1v) is 5.01. The van der Waals surface area contributed by atoms with Crippen molar-refractivity contribution in [2.45, 2.75) is 12.7 Å². The minimum atomic E-state index is -1.31. The van der Waals surface area contributed by atoms with Crippen molar-refractivity contribution in [2.75, 3.05) is 14.2 Å². The Morgan fingerprint density at radius 2 is 2.19 bits per heavy atom. The van der Waals surface area contributed by atoms with Crippen molar-refractivity contribution in [3.8, 4) is 0 Å². The van der Waals surface area contributed by atoms with Crippen molar-refractivity contribution in [1.29, 1.82) is 0 Å². The Balaban J connectivity index is 3.06. The third-order valence-corrected chi connectivity index (χ3v) is 2.36. The Hall–Kier alpha value is -1.10. The summed E-state index contributed by atoms with van der Waals surface area (Å²) >= 11 is 5.82. The molecule has 0 radical (unpaired) electrons. The van der Waals surface area contributed by atoms with Crippen LogP contribution in [0, 0.1) is 0 Å². The van der Waals surface area contributed by atoms with E-state index in [1.807, 2.05) is 0 Å². The van der Waals surface area contributed by atoms with E-state index in [1.165, 1.54) is 14.2 Å². The van der Waals surface area contributed by atoms with Crippen LogP contribution in [0.4, 0.5) is 0 Å². The number of ether oxygens (including phenoxy) is 2.